The highest BCUT2D eigenvalue weighted by atomic mass is 35.5. The number of carbonyl (C=O) groups is 1. The predicted octanol–water partition coefficient (Wildman–Crippen LogP) is 1.91. The maximum Gasteiger partial charge on any atom is 0.262 e. The van der Waals surface area contributed by atoms with Crippen molar-refractivity contribution in [3.63, 3.8) is 0 Å². The van der Waals surface area contributed by atoms with Gasteiger partial charge in [-0.2, -0.15) is 0 Å². The molecule has 0 saturated carbocycles. The minimum absolute atomic E-state index is 0.293. The normalized spacial score (nSPS) is 9.27. The van der Waals surface area contributed by atoms with Crippen LogP contribution in [0, 0.1) is 0 Å². The first-order valence-corrected chi connectivity index (χ1v) is 3.77. The molecule has 1 amide bonds. The van der Waals surface area contributed by atoms with E-state index >= 15 is 0 Å². The molecule has 0 aliphatic heterocycles. The molecule has 0 atom stereocenters. The summed E-state index contributed by atoms with van der Waals surface area (Å²) in [5.41, 5.74) is 0.434. The summed E-state index contributed by atoms with van der Waals surface area (Å²) < 4.78 is 2.19. The van der Waals surface area contributed by atoms with Gasteiger partial charge in [-0.1, -0.05) is 36.5 Å². The van der Waals surface area contributed by atoms with Crippen LogP contribution in [-0.4, -0.2) is 5.91 Å². The lowest BCUT2D eigenvalue weighted by Crippen LogP contribution is -2.12. The molecular weight excluding hydrogens is 182 g/mol. The van der Waals surface area contributed by atoms with Crippen LogP contribution >= 0.6 is 24.4 Å². The summed E-state index contributed by atoms with van der Waals surface area (Å²) in [5.74, 6) is -0.293. The number of rotatable bonds is 1. The number of benzene rings is 1. The van der Waals surface area contributed by atoms with Gasteiger partial charge in [-0.25, -0.2) is 0 Å². The Balaban J connectivity index is 3.03. The van der Waals surface area contributed by atoms with Crippen LogP contribution in [0.4, 0.5) is 0 Å². The summed E-state index contributed by atoms with van der Waals surface area (Å²) in [4.78, 5) is 11.0. The van der Waals surface area contributed by atoms with Gasteiger partial charge in [0.15, 0.2) is 0 Å². The third-order valence-electron chi connectivity index (χ3n) is 1.22. The lowest BCUT2D eigenvalue weighted by Gasteiger charge is -1.99. The van der Waals surface area contributed by atoms with Crippen molar-refractivity contribution in [1.29, 1.82) is 0 Å². The average molecular weight is 188 g/mol. The molecule has 0 heterocycles. The Morgan fingerprint density at radius 3 is 2.64 bits per heavy atom. The molecule has 0 aliphatic carbocycles. The van der Waals surface area contributed by atoms with E-state index < -0.39 is 0 Å². The molecule has 0 unspecified atom stereocenters. The third kappa shape index (κ3) is 1.88. The molecule has 1 rings (SSSR count). The molecule has 11 heavy (non-hydrogen) atoms. The van der Waals surface area contributed by atoms with Crippen molar-refractivity contribution in [3.8, 4) is 0 Å². The first kappa shape index (κ1) is 8.43. The van der Waals surface area contributed by atoms with Crippen molar-refractivity contribution in [2.24, 2.45) is 0 Å². The highest BCUT2D eigenvalue weighted by molar-refractivity contribution is 7.78. The Labute approximate surface area is 75.1 Å². The molecule has 0 spiro atoms. The lowest BCUT2D eigenvalue weighted by atomic mass is 10.2. The van der Waals surface area contributed by atoms with E-state index in [9.17, 15) is 4.79 Å². The first-order chi connectivity index (χ1) is 5.25. The Kier molecular flexibility index (Phi) is 2.79. The van der Waals surface area contributed by atoms with Crippen molar-refractivity contribution in [2.45, 2.75) is 0 Å². The van der Waals surface area contributed by atoms with Crippen LogP contribution in [0.15, 0.2) is 24.3 Å². The zero-order chi connectivity index (χ0) is 8.27. The van der Waals surface area contributed by atoms with E-state index in [1.54, 1.807) is 24.3 Å². The van der Waals surface area contributed by atoms with Crippen molar-refractivity contribution in [1.82, 2.24) is 4.72 Å². The van der Waals surface area contributed by atoms with Gasteiger partial charge in [-0.05, 0) is 12.1 Å². The fourth-order valence-electron chi connectivity index (χ4n) is 0.706. The minimum atomic E-state index is -0.293. The molecule has 58 valence electrons. The Bertz CT molecular complexity index is 277. The van der Waals surface area contributed by atoms with Gasteiger partial charge < -0.3 is 0 Å². The Morgan fingerprint density at radius 2 is 2.09 bits per heavy atom. The summed E-state index contributed by atoms with van der Waals surface area (Å²) >= 11 is 9.32. The monoisotopic (exact) mass is 187 g/mol. The molecule has 0 aromatic heterocycles. The summed E-state index contributed by atoms with van der Waals surface area (Å²) in [7, 11) is 0. The van der Waals surface area contributed by atoms with Gasteiger partial charge in [0.25, 0.3) is 5.91 Å². The van der Waals surface area contributed by atoms with E-state index in [1.165, 1.54) is 0 Å². The van der Waals surface area contributed by atoms with E-state index in [-0.39, 0.29) is 5.91 Å². The molecular formula is C7H6ClNOS. The highest BCUT2D eigenvalue weighted by Crippen LogP contribution is 2.14. The van der Waals surface area contributed by atoms with Crippen LogP contribution in [0.3, 0.4) is 0 Å². The second kappa shape index (κ2) is 3.64. The summed E-state index contributed by atoms with van der Waals surface area (Å²) in [6, 6.07) is 6.79. The Hall–Kier alpha value is -0.670. The minimum Gasteiger partial charge on any atom is -0.299 e. The van der Waals surface area contributed by atoms with Crippen LogP contribution in [0.25, 0.3) is 0 Å². The molecule has 2 nitrogen and oxygen atoms in total. The number of halogens is 1. The van der Waals surface area contributed by atoms with Crippen LogP contribution in [0.5, 0.6) is 0 Å². The zero-order valence-corrected chi connectivity index (χ0v) is 7.19. The molecule has 0 fully saturated rings. The molecule has 1 aromatic carbocycles. The highest BCUT2D eigenvalue weighted by Gasteiger charge is 2.05. The number of hydrogen-bond acceptors (Lipinski definition) is 2. The molecule has 4 heteroatoms. The van der Waals surface area contributed by atoms with E-state index in [1.807, 2.05) is 0 Å². The second-order valence-corrected chi connectivity index (χ2v) is 2.55. The van der Waals surface area contributed by atoms with Crippen LogP contribution in [0.1, 0.15) is 10.4 Å². The van der Waals surface area contributed by atoms with Crippen molar-refractivity contribution in [2.75, 3.05) is 0 Å². The largest absolute Gasteiger partial charge is 0.299 e. The van der Waals surface area contributed by atoms with Crippen LogP contribution in [-0.2, 0) is 0 Å². The van der Waals surface area contributed by atoms with Crippen molar-refractivity contribution < 1.29 is 4.79 Å². The van der Waals surface area contributed by atoms with Crippen LogP contribution < -0.4 is 4.72 Å². The first-order valence-electron chi connectivity index (χ1n) is 2.94. The molecule has 0 aliphatic rings. The van der Waals surface area contributed by atoms with Gasteiger partial charge in [0, 0.05) is 0 Å². The third-order valence-corrected chi connectivity index (χ3v) is 1.75. The number of hydrogen-bond donors (Lipinski definition) is 2. The average Bonchev–Trinajstić information content (AvgIpc) is 2.04. The summed E-state index contributed by atoms with van der Waals surface area (Å²) in [5, 5.41) is 0.430. The molecule has 0 saturated heterocycles. The Morgan fingerprint density at radius 1 is 1.45 bits per heavy atom. The topological polar surface area (TPSA) is 29.1 Å². The van der Waals surface area contributed by atoms with E-state index in [0.29, 0.717) is 10.6 Å². The number of thiol groups is 1. The fraction of sp³-hybridized carbons (Fsp3) is 0. The predicted molar refractivity (Wildman–Crippen MR) is 47.9 cm³/mol. The second-order valence-electron chi connectivity index (χ2n) is 1.92. The van der Waals surface area contributed by atoms with Gasteiger partial charge in [0.05, 0.1) is 10.6 Å². The molecule has 1 aromatic rings. The van der Waals surface area contributed by atoms with E-state index in [4.69, 9.17) is 11.6 Å². The lowest BCUT2D eigenvalue weighted by molar-refractivity contribution is 0.0985. The van der Waals surface area contributed by atoms with Crippen molar-refractivity contribution in [3.05, 3.63) is 34.9 Å². The number of carbonyl (C=O) groups excluding carboxylic acids is 1. The van der Waals surface area contributed by atoms with Crippen LogP contribution in [0.2, 0.25) is 5.02 Å². The summed E-state index contributed by atoms with van der Waals surface area (Å²) in [6.07, 6.45) is 0. The molecule has 0 bridgehead atoms. The molecule has 0 radical (unpaired) electrons. The number of amides is 1. The summed E-state index contributed by atoms with van der Waals surface area (Å²) in [6.45, 7) is 0. The quantitative estimate of drug-likeness (QED) is 0.647. The van der Waals surface area contributed by atoms with E-state index in [0.717, 1.165) is 0 Å². The fourth-order valence-corrected chi connectivity index (χ4v) is 1.05. The SMILES string of the molecule is O=C(NS)c1ccccc1Cl. The van der Waals surface area contributed by atoms with E-state index in [2.05, 4.69) is 17.5 Å². The molecule has 1 N–H and O–H groups in total. The smallest absolute Gasteiger partial charge is 0.262 e. The maximum atomic E-state index is 11.0. The number of nitrogens with one attached hydrogen (secondary N) is 1. The van der Waals surface area contributed by atoms with Gasteiger partial charge >= 0.3 is 0 Å². The van der Waals surface area contributed by atoms with Gasteiger partial charge in [0.2, 0.25) is 0 Å². The van der Waals surface area contributed by atoms with Gasteiger partial charge in [0.1, 0.15) is 0 Å². The van der Waals surface area contributed by atoms with Gasteiger partial charge in [-0.3, -0.25) is 9.52 Å². The standard InChI is InChI=1S/C7H6ClNOS/c8-6-4-2-1-3-5(6)7(10)9-11/h1-4,11H,(H,9,10). The zero-order valence-electron chi connectivity index (χ0n) is 5.54. The maximum absolute atomic E-state index is 11.0. The van der Waals surface area contributed by atoms with Crippen molar-refractivity contribution >= 4 is 30.3 Å². The van der Waals surface area contributed by atoms with Gasteiger partial charge in [-0.15, -0.1) is 0 Å².